The number of ether oxygens (including phenoxy) is 1. The second-order valence-electron chi connectivity index (χ2n) is 5.98. The van der Waals surface area contributed by atoms with Crippen LogP contribution in [0, 0.1) is 5.92 Å². The highest BCUT2D eigenvalue weighted by molar-refractivity contribution is 5.92. The Morgan fingerprint density at radius 2 is 1.96 bits per heavy atom. The summed E-state index contributed by atoms with van der Waals surface area (Å²) in [6.07, 6.45) is 1.73. The van der Waals surface area contributed by atoms with Crippen LogP contribution < -0.4 is 10.5 Å². The lowest BCUT2D eigenvalue weighted by Crippen LogP contribution is -2.52. The molecule has 1 aromatic rings. The summed E-state index contributed by atoms with van der Waals surface area (Å²) in [6.45, 7) is 2.47. The molecule has 2 amide bonds. The number of piperidine rings is 1. The van der Waals surface area contributed by atoms with Gasteiger partial charge in [0.1, 0.15) is 11.8 Å². The number of nitrogens with two attached hydrogens (primary N) is 1. The molecule has 24 heavy (non-hydrogen) atoms. The SMILES string of the molecule is CC1CCCN(C(=O)CCOc2ccc(C(N)=O)cc2)C1C(=O)O. The van der Waals surface area contributed by atoms with Crippen molar-refractivity contribution in [1.82, 2.24) is 4.90 Å². The van der Waals surface area contributed by atoms with Crippen LogP contribution in [0.25, 0.3) is 0 Å². The molecule has 1 aromatic carbocycles. The fourth-order valence-electron chi connectivity index (χ4n) is 2.96. The first kappa shape index (κ1) is 17.8. The van der Waals surface area contributed by atoms with E-state index in [1.807, 2.05) is 6.92 Å². The van der Waals surface area contributed by atoms with Gasteiger partial charge in [-0.25, -0.2) is 4.79 Å². The third kappa shape index (κ3) is 4.24. The summed E-state index contributed by atoms with van der Waals surface area (Å²) < 4.78 is 5.48. The lowest BCUT2D eigenvalue weighted by Gasteiger charge is -2.37. The number of carbonyl (C=O) groups excluding carboxylic acids is 2. The third-order valence-electron chi connectivity index (χ3n) is 4.23. The molecular formula is C17H22N2O5. The molecule has 0 bridgehead atoms. The maximum atomic E-state index is 12.3. The van der Waals surface area contributed by atoms with E-state index in [4.69, 9.17) is 10.5 Å². The van der Waals surface area contributed by atoms with E-state index in [1.165, 1.54) is 4.90 Å². The van der Waals surface area contributed by atoms with Gasteiger partial charge >= 0.3 is 5.97 Å². The van der Waals surface area contributed by atoms with Crippen LogP contribution in [0.15, 0.2) is 24.3 Å². The zero-order chi connectivity index (χ0) is 17.7. The van der Waals surface area contributed by atoms with Gasteiger partial charge in [0.05, 0.1) is 13.0 Å². The summed E-state index contributed by atoms with van der Waals surface area (Å²) in [4.78, 5) is 36.1. The van der Waals surface area contributed by atoms with E-state index in [0.717, 1.165) is 12.8 Å². The van der Waals surface area contributed by atoms with E-state index in [2.05, 4.69) is 0 Å². The molecule has 2 atom stereocenters. The van der Waals surface area contributed by atoms with E-state index >= 15 is 0 Å². The van der Waals surface area contributed by atoms with Crippen molar-refractivity contribution in [1.29, 1.82) is 0 Å². The van der Waals surface area contributed by atoms with Crippen LogP contribution in [0.1, 0.15) is 36.5 Å². The number of primary amides is 1. The quantitative estimate of drug-likeness (QED) is 0.814. The van der Waals surface area contributed by atoms with Gasteiger partial charge in [0.2, 0.25) is 11.8 Å². The molecule has 0 radical (unpaired) electrons. The van der Waals surface area contributed by atoms with Gasteiger partial charge in [-0.3, -0.25) is 9.59 Å². The van der Waals surface area contributed by atoms with Crippen LogP contribution in [0.4, 0.5) is 0 Å². The van der Waals surface area contributed by atoms with Gasteiger partial charge in [-0.15, -0.1) is 0 Å². The summed E-state index contributed by atoms with van der Waals surface area (Å²) >= 11 is 0. The molecule has 2 unspecified atom stereocenters. The summed E-state index contributed by atoms with van der Waals surface area (Å²) in [5, 5.41) is 9.34. The van der Waals surface area contributed by atoms with Crippen molar-refractivity contribution in [2.24, 2.45) is 11.7 Å². The molecule has 2 rings (SSSR count). The minimum absolute atomic E-state index is 0.0533. The molecule has 1 aliphatic rings. The lowest BCUT2D eigenvalue weighted by atomic mass is 9.90. The maximum absolute atomic E-state index is 12.3. The summed E-state index contributed by atoms with van der Waals surface area (Å²) in [6, 6.07) is 5.54. The number of carbonyl (C=O) groups is 3. The Labute approximate surface area is 140 Å². The average molecular weight is 334 g/mol. The Balaban J connectivity index is 1.88. The fourth-order valence-corrected chi connectivity index (χ4v) is 2.96. The number of hydrogen-bond donors (Lipinski definition) is 2. The average Bonchev–Trinajstić information content (AvgIpc) is 2.54. The fraction of sp³-hybridized carbons (Fsp3) is 0.471. The van der Waals surface area contributed by atoms with E-state index in [1.54, 1.807) is 24.3 Å². The number of hydrogen-bond acceptors (Lipinski definition) is 4. The molecular weight excluding hydrogens is 312 g/mol. The molecule has 1 heterocycles. The van der Waals surface area contributed by atoms with E-state index < -0.39 is 17.9 Å². The van der Waals surface area contributed by atoms with Crippen molar-refractivity contribution in [2.45, 2.75) is 32.2 Å². The van der Waals surface area contributed by atoms with Crippen molar-refractivity contribution in [3.05, 3.63) is 29.8 Å². The largest absolute Gasteiger partial charge is 0.493 e. The van der Waals surface area contributed by atoms with Gasteiger partial charge in [-0.05, 0) is 43.0 Å². The smallest absolute Gasteiger partial charge is 0.326 e. The number of nitrogens with zero attached hydrogens (tertiary/aromatic N) is 1. The van der Waals surface area contributed by atoms with Gasteiger partial charge < -0.3 is 20.5 Å². The second-order valence-corrected chi connectivity index (χ2v) is 5.98. The normalized spacial score (nSPS) is 20.5. The van der Waals surface area contributed by atoms with Gasteiger partial charge in [-0.2, -0.15) is 0 Å². The Kier molecular flexibility index (Phi) is 5.78. The molecule has 1 aliphatic heterocycles. The highest BCUT2D eigenvalue weighted by Gasteiger charge is 2.36. The Bertz CT molecular complexity index is 614. The first-order valence-electron chi connectivity index (χ1n) is 7.95. The number of carboxylic acid groups (broad SMARTS) is 1. The van der Waals surface area contributed by atoms with Crippen LogP contribution in [-0.2, 0) is 9.59 Å². The predicted molar refractivity (Wildman–Crippen MR) is 86.6 cm³/mol. The molecule has 1 saturated heterocycles. The lowest BCUT2D eigenvalue weighted by molar-refractivity contribution is -0.154. The van der Waals surface area contributed by atoms with E-state index in [9.17, 15) is 19.5 Å². The zero-order valence-electron chi connectivity index (χ0n) is 13.6. The zero-order valence-corrected chi connectivity index (χ0v) is 13.6. The number of rotatable bonds is 6. The standard InChI is InChI=1S/C17H22N2O5/c1-11-3-2-9-19(15(11)17(22)23)14(20)8-10-24-13-6-4-12(5-7-13)16(18)21/h4-7,11,15H,2-3,8-10H2,1H3,(H2,18,21)(H,22,23). The minimum atomic E-state index is -0.960. The number of aliphatic carboxylic acids is 1. The van der Waals surface area contributed by atoms with Crippen molar-refractivity contribution in [3.8, 4) is 5.75 Å². The van der Waals surface area contributed by atoms with Crippen LogP contribution in [0.2, 0.25) is 0 Å². The number of carboxylic acids is 1. The maximum Gasteiger partial charge on any atom is 0.326 e. The summed E-state index contributed by atoms with van der Waals surface area (Å²) in [5.41, 5.74) is 5.54. The Morgan fingerprint density at radius 1 is 1.29 bits per heavy atom. The van der Waals surface area contributed by atoms with Crippen molar-refractivity contribution in [3.63, 3.8) is 0 Å². The second kappa shape index (κ2) is 7.81. The van der Waals surface area contributed by atoms with E-state index in [0.29, 0.717) is 17.9 Å². The monoisotopic (exact) mass is 334 g/mol. The molecule has 1 fully saturated rings. The molecule has 3 N–H and O–H groups in total. The summed E-state index contributed by atoms with van der Waals surface area (Å²) in [5.74, 6) is -1.23. The number of benzene rings is 1. The number of likely N-dealkylation sites (tertiary alicyclic amines) is 1. The topological polar surface area (TPSA) is 110 Å². The van der Waals surface area contributed by atoms with Crippen molar-refractivity contribution < 1.29 is 24.2 Å². The first-order valence-corrected chi connectivity index (χ1v) is 7.95. The predicted octanol–water partition coefficient (Wildman–Crippen LogP) is 1.27. The Hall–Kier alpha value is -2.57. The van der Waals surface area contributed by atoms with Gasteiger partial charge in [0.25, 0.3) is 0 Å². The Morgan fingerprint density at radius 3 is 2.54 bits per heavy atom. The molecule has 7 heteroatoms. The van der Waals surface area contributed by atoms with Crippen molar-refractivity contribution >= 4 is 17.8 Å². The molecule has 0 spiro atoms. The molecule has 130 valence electrons. The van der Waals surface area contributed by atoms with Crippen molar-refractivity contribution in [2.75, 3.05) is 13.2 Å². The van der Waals surface area contributed by atoms with Gasteiger partial charge in [-0.1, -0.05) is 6.92 Å². The highest BCUT2D eigenvalue weighted by atomic mass is 16.5. The minimum Gasteiger partial charge on any atom is -0.493 e. The van der Waals surface area contributed by atoms with Crippen LogP contribution in [0.5, 0.6) is 5.75 Å². The third-order valence-corrected chi connectivity index (χ3v) is 4.23. The molecule has 0 saturated carbocycles. The van der Waals surface area contributed by atoms with Crippen LogP contribution in [0.3, 0.4) is 0 Å². The van der Waals surface area contributed by atoms with E-state index in [-0.39, 0.29) is 24.9 Å². The van der Waals surface area contributed by atoms with Crippen LogP contribution in [-0.4, -0.2) is 47.0 Å². The van der Waals surface area contributed by atoms with Gasteiger partial charge in [0.15, 0.2) is 0 Å². The highest BCUT2D eigenvalue weighted by Crippen LogP contribution is 2.24. The summed E-state index contributed by atoms with van der Waals surface area (Å²) in [7, 11) is 0. The molecule has 7 nitrogen and oxygen atoms in total. The van der Waals surface area contributed by atoms with Gasteiger partial charge in [0, 0.05) is 12.1 Å². The van der Waals surface area contributed by atoms with Crippen LogP contribution >= 0.6 is 0 Å². The number of amides is 2. The molecule has 0 aromatic heterocycles. The first-order chi connectivity index (χ1) is 11.4. The molecule has 0 aliphatic carbocycles.